The van der Waals surface area contributed by atoms with Gasteiger partial charge in [0, 0.05) is 22.6 Å². The van der Waals surface area contributed by atoms with Crippen molar-refractivity contribution in [2.45, 2.75) is 25.8 Å². The fourth-order valence-corrected chi connectivity index (χ4v) is 1.97. The van der Waals surface area contributed by atoms with Gasteiger partial charge in [-0.25, -0.2) is 4.79 Å². The predicted octanol–water partition coefficient (Wildman–Crippen LogP) is 3.36. The van der Waals surface area contributed by atoms with Crippen molar-refractivity contribution >= 4 is 27.6 Å². The second kappa shape index (κ2) is 6.31. The number of halogens is 1. The Labute approximate surface area is 109 Å². The standard InChI is InChI=1S/C13H14BrNO2/c1-3-5-11(4-2)15-12-7-9(13(16)17)6-10(14)8-12/h1,6-8,11,15H,4-5H2,2H3,(H,16,17). The number of anilines is 1. The van der Waals surface area contributed by atoms with Gasteiger partial charge in [-0.1, -0.05) is 22.9 Å². The van der Waals surface area contributed by atoms with Crippen LogP contribution >= 0.6 is 15.9 Å². The number of aromatic carboxylic acids is 1. The molecule has 0 saturated heterocycles. The van der Waals surface area contributed by atoms with E-state index in [9.17, 15) is 4.79 Å². The maximum atomic E-state index is 10.9. The first-order chi connectivity index (χ1) is 8.06. The summed E-state index contributed by atoms with van der Waals surface area (Å²) in [6.45, 7) is 2.03. The summed E-state index contributed by atoms with van der Waals surface area (Å²) in [6.07, 6.45) is 6.78. The lowest BCUT2D eigenvalue weighted by molar-refractivity contribution is 0.0697. The zero-order valence-electron chi connectivity index (χ0n) is 9.53. The molecule has 3 nitrogen and oxygen atoms in total. The quantitative estimate of drug-likeness (QED) is 0.819. The van der Waals surface area contributed by atoms with Gasteiger partial charge in [-0.15, -0.1) is 12.3 Å². The SMILES string of the molecule is C#CCC(CC)Nc1cc(Br)cc(C(=O)O)c1. The van der Waals surface area contributed by atoms with E-state index in [-0.39, 0.29) is 11.6 Å². The number of hydrogen-bond donors (Lipinski definition) is 2. The van der Waals surface area contributed by atoms with Crippen LogP contribution in [0.2, 0.25) is 0 Å². The second-order valence-corrected chi connectivity index (χ2v) is 4.61. The molecule has 4 heteroatoms. The summed E-state index contributed by atoms with van der Waals surface area (Å²) in [5.41, 5.74) is 1.01. The molecule has 0 aliphatic rings. The molecule has 0 aromatic heterocycles. The van der Waals surface area contributed by atoms with E-state index in [0.29, 0.717) is 6.42 Å². The van der Waals surface area contributed by atoms with Crippen LogP contribution in [0.3, 0.4) is 0 Å². The van der Waals surface area contributed by atoms with E-state index in [1.165, 1.54) is 0 Å². The molecule has 0 aliphatic carbocycles. The number of benzene rings is 1. The molecule has 0 heterocycles. The Hall–Kier alpha value is -1.47. The Balaban J connectivity index is 2.91. The molecule has 1 aromatic rings. The number of carboxylic acids is 1. The lowest BCUT2D eigenvalue weighted by atomic mass is 10.1. The molecule has 17 heavy (non-hydrogen) atoms. The largest absolute Gasteiger partial charge is 0.478 e. The van der Waals surface area contributed by atoms with Crippen LogP contribution in [0.4, 0.5) is 5.69 Å². The molecule has 0 amide bonds. The molecule has 90 valence electrons. The molecule has 0 saturated carbocycles. The Kier molecular flexibility index (Phi) is 5.05. The van der Waals surface area contributed by atoms with Gasteiger partial charge in [-0.2, -0.15) is 0 Å². The van der Waals surface area contributed by atoms with Crippen molar-refractivity contribution in [3.8, 4) is 12.3 Å². The van der Waals surface area contributed by atoms with Gasteiger partial charge >= 0.3 is 5.97 Å². The van der Waals surface area contributed by atoms with E-state index in [1.54, 1.807) is 12.1 Å². The van der Waals surface area contributed by atoms with Gasteiger partial charge in [0.2, 0.25) is 0 Å². The first kappa shape index (κ1) is 13.6. The van der Waals surface area contributed by atoms with E-state index in [4.69, 9.17) is 11.5 Å². The second-order valence-electron chi connectivity index (χ2n) is 3.69. The van der Waals surface area contributed by atoms with Crippen molar-refractivity contribution in [1.82, 2.24) is 0 Å². The normalized spacial score (nSPS) is 11.6. The number of nitrogens with one attached hydrogen (secondary N) is 1. The summed E-state index contributed by atoms with van der Waals surface area (Å²) in [5.74, 6) is 1.66. The summed E-state index contributed by atoms with van der Waals surface area (Å²) >= 11 is 3.29. The summed E-state index contributed by atoms with van der Waals surface area (Å²) in [6, 6.07) is 5.17. The van der Waals surface area contributed by atoms with Crippen LogP contribution in [0.1, 0.15) is 30.1 Å². The van der Waals surface area contributed by atoms with Gasteiger partial charge in [0.05, 0.1) is 5.56 Å². The summed E-state index contributed by atoms with van der Waals surface area (Å²) in [4.78, 5) is 10.9. The summed E-state index contributed by atoms with van der Waals surface area (Å²) < 4.78 is 0.732. The maximum absolute atomic E-state index is 10.9. The highest BCUT2D eigenvalue weighted by atomic mass is 79.9. The van der Waals surface area contributed by atoms with Crippen LogP contribution in [-0.2, 0) is 0 Å². The molecule has 1 unspecified atom stereocenters. The lowest BCUT2D eigenvalue weighted by Gasteiger charge is -2.16. The first-order valence-corrected chi connectivity index (χ1v) is 6.10. The van der Waals surface area contributed by atoms with Crippen molar-refractivity contribution in [2.24, 2.45) is 0 Å². The van der Waals surface area contributed by atoms with Crippen molar-refractivity contribution in [3.05, 3.63) is 28.2 Å². The summed E-state index contributed by atoms with van der Waals surface area (Å²) in [7, 11) is 0. The number of hydrogen-bond acceptors (Lipinski definition) is 2. The summed E-state index contributed by atoms with van der Waals surface area (Å²) in [5, 5.41) is 12.2. The van der Waals surface area contributed by atoms with Crippen molar-refractivity contribution in [3.63, 3.8) is 0 Å². The van der Waals surface area contributed by atoms with Crippen LogP contribution in [0.15, 0.2) is 22.7 Å². The number of carbonyl (C=O) groups is 1. The van der Waals surface area contributed by atoms with E-state index < -0.39 is 5.97 Å². The molecule has 1 aromatic carbocycles. The van der Waals surface area contributed by atoms with Crippen LogP contribution in [0.5, 0.6) is 0 Å². The highest BCUT2D eigenvalue weighted by Crippen LogP contribution is 2.21. The molecule has 0 fully saturated rings. The Morgan fingerprint density at radius 2 is 2.29 bits per heavy atom. The topological polar surface area (TPSA) is 49.3 Å². The molecule has 0 radical (unpaired) electrons. The Morgan fingerprint density at radius 3 is 2.82 bits per heavy atom. The zero-order valence-corrected chi connectivity index (χ0v) is 11.1. The predicted molar refractivity (Wildman–Crippen MR) is 72.3 cm³/mol. The van der Waals surface area contributed by atoms with Crippen LogP contribution in [-0.4, -0.2) is 17.1 Å². The van der Waals surface area contributed by atoms with E-state index in [2.05, 4.69) is 27.2 Å². The van der Waals surface area contributed by atoms with Gasteiger partial charge in [-0.05, 0) is 24.6 Å². The Morgan fingerprint density at radius 1 is 1.59 bits per heavy atom. The third-order valence-corrected chi connectivity index (χ3v) is 2.83. The molecular weight excluding hydrogens is 282 g/mol. The fraction of sp³-hybridized carbons (Fsp3) is 0.308. The van der Waals surface area contributed by atoms with Crippen LogP contribution < -0.4 is 5.32 Å². The van der Waals surface area contributed by atoms with Gasteiger partial charge in [0.15, 0.2) is 0 Å². The molecule has 0 aliphatic heterocycles. The maximum Gasteiger partial charge on any atom is 0.335 e. The molecule has 1 atom stereocenters. The third-order valence-electron chi connectivity index (χ3n) is 2.37. The van der Waals surface area contributed by atoms with Crippen molar-refractivity contribution in [2.75, 3.05) is 5.32 Å². The minimum atomic E-state index is -0.945. The van der Waals surface area contributed by atoms with Crippen LogP contribution in [0, 0.1) is 12.3 Å². The molecule has 0 bridgehead atoms. The number of rotatable bonds is 5. The van der Waals surface area contributed by atoms with E-state index in [0.717, 1.165) is 16.6 Å². The molecular formula is C13H14BrNO2. The Bertz CT molecular complexity index is 451. The zero-order chi connectivity index (χ0) is 12.8. The lowest BCUT2D eigenvalue weighted by Crippen LogP contribution is -2.17. The average molecular weight is 296 g/mol. The highest BCUT2D eigenvalue weighted by Gasteiger charge is 2.09. The van der Waals surface area contributed by atoms with Crippen molar-refractivity contribution in [1.29, 1.82) is 0 Å². The van der Waals surface area contributed by atoms with Gasteiger partial charge in [0.1, 0.15) is 0 Å². The van der Waals surface area contributed by atoms with Crippen LogP contribution in [0.25, 0.3) is 0 Å². The minimum absolute atomic E-state index is 0.163. The van der Waals surface area contributed by atoms with E-state index in [1.807, 2.05) is 13.0 Å². The fourth-order valence-electron chi connectivity index (χ4n) is 1.47. The molecule has 0 spiro atoms. The minimum Gasteiger partial charge on any atom is -0.478 e. The van der Waals surface area contributed by atoms with Gasteiger partial charge < -0.3 is 10.4 Å². The molecule has 2 N–H and O–H groups in total. The third kappa shape index (κ3) is 4.12. The monoisotopic (exact) mass is 295 g/mol. The smallest absolute Gasteiger partial charge is 0.335 e. The molecule has 1 rings (SSSR count). The van der Waals surface area contributed by atoms with Crippen molar-refractivity contribution < 1.29 is 9.90 Å². The number of terminal acetylenes is 1. The van der Waals surface area contributed by atoms with Gasteiger partial charge in [-0.3, -0.25) is 0 Å². The number of carboxylic acid groups (broad SMARTS) is 1. The van der Waals surface area contributed by atoms with E-state index >= 15 is 0 Å². The highest BCUT2D eigenvalue weighted by molar-refractivity contribution is 9.10. The first-order valence-electron chi connectivity index (χ1n) is 5.30. The average Bonchev–Trinajstić information content (AvgIpc) is 2.27. The van der Waals surface area contributed by atoms with Gasteiger partial charge in [0.25, 0.3) is 0 Å².